The van der Waals surface area contributed by atoms with Crippen molar-refractivity contribution in [2.24, 2.45) is 0 Å². The van der Waals surface area contributed by atoms with Crippen molar-refractivity contribution in [1.29, 1.82) is 0 Å². The molecule has 0 atom stereocenters. The first-order valence-electron chi connectivity index (χ1n) is 8.98. The molecule has 2 heterocycles. The van der Waals surface area contributed by atoms with Crippen molar-refractivity contribution >= 4 is 23.4 Å². The Morgan fingerprint density at radius 3 is 2.43 bits per heavy atom. The van der Waals surface area contributed by atoms with E-state index in [1.54, 1.807) is 0 Å². The maximum atomic E-state index is 12.1. The van der Waals surface area contributed by atoms with Crippen molar-refractivity contribution < 1.29 is 18.9 Å². The van der Waals surface area contributed by atoms with Gasteiger partial charge in [0.25, 0.3) is 11.6 Å². The van der Waals surface area contributed by atoms with Crippen molar-refractivity contribution in [2.75, 3.05) is 6.26 Å². The van der Waals surface area contributed by atoms with Crippen LogP contribution in [0.25, 0.3) is 11.5 Å². The van der Waals surface area contributed by atoms with Gasteiger partial charge in [-0.2, -0.15) is 0 Å². The van der Waals surface area contributed by atoms with Gasteiger partial charge in [0.2, 0.25) is 5.89 Å². The summed E-state index contributed by atoms with van der Waals surface area (Å²) in [5.41, 5.74) is 3.13. The van der Waals surface area contributed by atoms with Gasteiger partial charge in [0.05, 0.1) is 4.92 Å². The van der Waals surface area contributed by atoms with E-state index in [9.17, 15) is 14.9 Å². The fourth-order valence-corrected chi connectivity index (χ4v) is 3.21. The van der Waals surface area contributed by atoms with Crippen molar-refractivity contribution in [3.05, 3.63) is 57.2 Å². The molecule has 0 aliphatic heterocycles. The van der Waals surface area contributed by atoms with Gasteiger partial charge in [0.15, 0.2) is 11.8 Å². The van der Waals surface area contributed by atoms with Gasteiger partial charge in [-0.05, 0) is 44.2 Å². The monoisotopic (exact) mass is 429 g/mol. The Morgan fingerprint density at radius 2 is 1.83 bits per heavy atom. The zero-order valence-corrected chi connectivity index (χ0v) is 17.4. The molecule has 30 heavy (non-hydrogen) atoms. The van der Waals surface area contributed by atoms with Gasteiger partial charge >= 0.3 is 5.97 Å². The number of nitro groups is 1. The number of ether oxygens (including phenoxy) is 1. The molecule has 2 aromatic heterocycles. The van der Waals surface area contributed by atoms with Crippen molar-refractivity contribution in [2.45, 2.75) is 38.5 Å². The zero-order chi connectivity index (χ0) is 21.7. The fourth-order valence-electron chi connectivity index (χ4n) is 2.76. The Labute approximate surface area is 176 Å². The van der Waals surface area contributed by atoms with Gasteiger partial charge in [0.1, 0.15) is 0 Å². The number of benzene rings is 1. The average molecular weight is 429 g/mol. The minimum Gasteiger partial charge on any atom is -0.456 e. The van der Waals surface area contributed by atoms with E-state index in [1.165, 1.54) is 36.0 Å². The SMILES string of the molecule is CSc1nc(C)c(CCC(=O)OCc2nnc(-c3ccc([N+](=O)[O-])cc3)o2)c(C)n1. The quantitative estimate of drug-likeness (QED) is 0.172. The smallest absolute Gasteiger partial charge is 0.306 e. The Morgan fingerprint density at radius 1 is 1.17 bits per heavy atom. The fraction of sp³-hybridized carbons (Fsp3) is 0.316. The molecule has 3 aromatic rings. The Bertz CT molecular complexity index is 1040. The van der Waals surface area contributed by atoms with Crippen LogP contribution < -0.4 is 0 Å². The predicted octanol–water partition coefficient (Wildman–Crippen LogP) is 3.45. The molecule has 0 N–H and O–H groups in total. The van der Waals surface area contributed by atoms with Gasteiger partial charge in [-0.3, -0.25) is 14.9 Å². The summed E-state index contributed by atoms with van der Waals surface area (Å²) in [6, 6.07) is 5.71. The summed E-state index contributed by atoms with van der Waals surface area (Å²) < 4.78 is 10.7. The molecule has 3 rings (SSSR count). The van der Waals surface area contributed by atoms with Crippen LogP contribution in [0.2, 0.25) is 0 Å². The van der Waals surface area contributed by atoms with Gasteiger partial charge < -0.3 is 9.15 Å². The molecule has 0 aliphatic carbocycles. The lowest BCUT2D eigenvalue weighted by Crippen LogP contribution is -2.09. The number of esters is 1. The van der Waals surface area contributed by atoms with E-state index in [0.717, 1.165) is 17.0 Å². The summed E-state index contributed by atoms with van der Waals surface area (Å²) in [6.45, 7) is 3.64. The maximum Gasteiger partial charge on any atom is 0.306 e. The molecule has 0 radical (unpaired) electrons. The number of aromatic nitrogens is 4. The Hall–Kier alpha value is -3.34. The molecule has 0 unspecified atom stereocenters. The third kappa shape index (κ3) is 5.17. The number of hydrogen-bond donors (Lipinski definition) is 0. The van der Waals surface area contributed by atoms with Crippen LogP contribution in [-0.2, 0) is 22.6 Å². The lowest BCUT2D eigenvalue weighted by molar-refractivity contribution is -0.384. The summed E-state index contributed by atoms with van der Waals surface area (Å²) in [4.78, 5) is 31.1. The second-order valence-electron chi connectivity index (χ2n) is 6.33. The first-order valence-corrected chi connectivity index (χ1v) is 10.2. The number of aryl methyl sites for hydroxylation is 2. The first kappa shape index (κ1) is 21.4. The molecule has 0 bridgehead atoms. The van der Waals surface area contributed by atoms with Crippen LogP contribution in [0.1, 0.15) is 29.3 Å². The average Bonchev–Trinajstić information content (AvgIpc) is 3.20. The zero-order valence-electron chi connectivity index (χ0n) is 16.6. The molecule has 156 valence electrons. The molecule has 11 heteroatoms. The van der Waals surface area contributed by atoms with E-state index in [-0.39, 0.29) is 30.5 Å². The largest absolute Gasteiger partial charge is 0.456 e. The molecular weight excluding hydrogens is 410 g/mol. The molecular formula is C19H19N5O5S. The van der Waals surface area contributed by atoms with Crippen molar-refractivity contribution in [3.8, 4) is 11.5 Å². The summed E-state index contributed by atoms with van der Waals surface area (Å²) in [7, 11) is 0. The lowest BCUT2D eigenvalue weighted by atomic mass is 10.1. The van der Waals surface area contributed by atoms with Crippen LogP contribution in [0.5, 0.6) is 0 Å². The van der Waals surface area contributed by atoms with Crippen molar-refractivity contribution in [3.63, 3.8) is 0 Å². The molecule has 0 spiro atoms. The van der Waals surface area contributed by atoms with Gasteiger partial charge in [0, 0.05) is 35.5 Å². The molecule has 0 aliphatic rings. The number of carbonyl (C=O) groups is 1. The van der Waals surface area contributed by atoms with E-state index in [0.29, 0.717) is 17.1 Å². The second-order valence-corrected chi connectivity index (χ2v) is 7.10. The third-order valence-electron chi connectivity index (χ3n) is 4.31. The van der Waals surface area contributed by atoms with E-state index in [4.69, 9.17) is 9.15 Å². The maximum absolute atomic E-state index is 12.1. The van der Waals surface area contributed by atoms with Crippen LogP contribution in [-0.4, -0.2) is 37.3 Å². The molecule has 0 amide bonds. The van der Waals surface area contributed by atoms with Crippen molar-refractivity contribution in [1.82, 2.24) is 20.2 Å². The van der Waals surface area contributed by atoms with Crippen LogP contribution in [0, 0.1) is 24.0 Å². The first-order chi connectivity index (χ1) is 14.4. The highest BCUT2D eigenvalue weighted by molar-refractivity contribution is 7.98. The molecule has 1 aromatic carbocycles. The third-order valence-corrected chi connectivity index (χ3v) is 4.86. The number of rotatable bonds is 8. The summed E-state index contributed by atoms with van der Waals surface area (Å²) in [6.07, 6.45) is 2.56. The highest BCUT2D eigenvalue weighted by atomic mass is 32.2. The lowest BCUT2D eigenvalue weighted by Gasteiger charge is -2.09. The normalized spacial score (nSPS) is 10.8. The molecule has 10 nitrogen and oxygen atoms in total. The Kier molecular flexibility index (Phi) is 6.72. The van der Waals surface area contributed by atoms with Crippen LogP contribution in [0.3, 0.4) is 0 Å². The van der Waals surface area contributed by atoms with Crippen LogP contribution >= 0.6 is 11.8 Å². The van der Waals surface area contributed by atoms with Gasteiger partial charge in [-0.1, -0.05) is 11.8 Å². The van der Waals surface area contributed by atoms with Gasteiger partial charge in [-0.25, -0.2) is 9.97 Å². The highest BCUT2D eigenvalue weighted by Gasteiger charge is 2.14. The van der Waals surface area contributed by atoms with Crippen LogP contribution in [0.4, 0.5) is 5.69 Å². The number of nitro benzene ring substituents is 1. The number of nitrogens with zero attached hydrogens (tertiary/aromatic N) is 5. The van der Waals surface area contributed by atoms with E-state index >= 15 is 0 Å². The molecule has 0 saturated carbocycles. The predicted molar refractivity (Wildman–Crippen MR) is 108 cm³/mol. The van der Waals surface area contributed by atoms with Gasteiger partial charge in [-0.15, -0.1) is 10.2 Å². The van der Waals surface area contributed by atoms with Crippen LogP contribution in [0.15, 0.2) is 33.8 Å². The topological polar surface area (TPSA) is 134 Å². The number of hydrogen-bond acceptors (Lipinski definition) is 10. The molecule has 0 saturated heterocycles. The number of thioether (sulfide) groups is 1. The standard InChI is InChI=1S/C19H19N5O5S/c1-11-15(12(2)21-19(20-11)30-3)8-9-17(25)28-10-16-22-23-18(29-16)13-4-6-14(7-5-13)24(26)27/h4-7H,8-10H2,1-3H3. The Balaban J connectivity index is 1.54. The minimum absolute atomic E-state index is 0.0358. The summed E-state index contributed by atoms with van der Waals surface area (Å²) >= 11 is 1.47. The number of carbonyl (C=O) groups excluding carboxylic acids is 1. The number of non-ortho nitro benzene ring substituents is 1. The minimum atomic E-state index is -0.491. The van der Waals surface area contributed by atoms with E-state index in [2.05, 4.69) is 20.2 Å². The van der Waals surface area contributed by atoms with E-state index in [1.807, 2.05) is 20.1 Å². The van der Waals surface area contributed by atoms with E-state index < -0.39 is 10.9 Å². The summed E-state index contributed by atoms with van der Waals surface area (Å²) in [5, 5.41) is 19.1. The highest BCUT2D eigenvalue weighted by Crippen LogP contribution is 2.22. The summed E-state index contributed by atoms with van der Waals surface area (Å²) in [5.74, 6) is -0.0808. The molecule has 0 fully saturated rings. The second kappa shape index (κ2) is 9.44.